The predicted octanol–water partition coefficient (Wildman–Crippen LogP) is 4.53. The Bertz CT molecular complexity index is 1010. The molecule has 1 saturated heterocycles. The summed E-state index contributed by atoms with van der Waals surface area (Å²) in [6.07, 6.45) is 2.83. The second-order valence-electron chi connectivity index (χ2n) is 8.28. The molecule has 0 aliphatic carbocycles. The molecule has 0 spiro atoms. The van der Waals surface area contributed by atoms with Crippen LogP contribution in [0.2, 0.25) is 0 Å². The second kappa shape index (κ2) is 12.0. The van der Waals surface area contributed by atoms with E-state index in [4.69, 9.17) is 4.52 Å². The van der Waals surface area contributed by atoms with Gasteiger partial charge in [-0.2, -0.15) is 16.7 Å². The lowest BCUT2D eigenvalue weighted by atomic mass is 9.97. The Balaban J connectivity index is 1.17. The number of nitrogens with one attached hydrogen (secondary N) is 1. The largest absolute Gasteiger partial charge is 0.356 e. The third kappa shape index (κ3) is 7.14. The first kappa shape index (κ1) is 23.4. The van der Waals surface area contributed by atoms with Crippen LogP contribution in [0.15, 0.2) is 59.1 Å². The van der Waals surface area contributed by atoms with E-state index >= 15 is 0 Å². The van der Waals surface area contributed by atoms with Crippen molar-refractivity contribution in [2.24, 2.45) is 5.92 Å². The van der Waals surface area contributed by atoms with E-state index in [2.05, 4.69) is 44.6 Å². The number of thioether (sulfide) groups is 1. The van der Waals surface area contributed by atoms with Crippen molar-refractivity contribution in [2.75, 3.05) is 25.4 Å². The monoisotopic (exact) mass is 468 g/mol. The minimum Gasteiger partial charge on any atom is -0.356 e. The van der Waals surface area contributed by atoms with Crippen LogP contribution in [0.5, 0.6) is 0 Å². The molecule has 1 aromatic heterocycles. The van der Waals surface area contributed by atoms with Gasteiger partial charge >= 0.3 is 0 Å². The maximum absolute atomic E-state index is 13.1. The van der Waals surface area contributed by atoms with Crippen LogP contribution >= 0.6 is 11.8 Å². The Morgan fingerprint density at radius 3 is 2.82 bits per heavy atom. The minimum absolute atomic E-state index is 0.0183. The molecule has 8 heteroatoms. The summed E-state index contributed by atoms with van der Waals surface area (Å²) in [6, 6.07) is 16.4. The molecule has 1 unspecified atom stereocenters. The molecule has 4 rings (SSSR count). The normalized spacial score (nSPS) is 16.6. The highest BCUT2D eigenvalue weighted by atomic mass is 32.2. The number of carbonyl (C=O) groups excluding carboxylic acids is 1. The zero-order chi connectivity index (χ0) is 22.9. The molecule has 1 amide bonds. The molecule has 0 radical (unpaired) electrons. The van der Waals surface area contributed by atoms with Crippen LogP contribution in [0.25, 0.3) is 11.4 Å². The van der Waals surface area contributed by atoms with E-state index in [1.54, 1.807) is 12.1 Å². The number of amides is 1. The van der Waals surface area contributed by atoms with E-state index in [9.17, 15) is 9.18 Å². The number of aromatic nitrogens is 2. The fourth-order valence-electron chi connectivity index (χ4n) is 3.93. The molecule has 33 heavy (non-hydrogen) atoms. The maximum atomic E-state index is 13.1. The van der Waals surface area contributed by atoms with Gasteiger partial charge in [-0.05, 0) is 61.4 Å². The van der Waals surface area contributed by atoms with Crippen LogP contribution in [0, 0.1) is 11.7 Å². The van der Waals surface area contributed by atoms with Crippen LogP contribution in [-0.4, -0.2) is 46.3 Å². The number of rotatable bonds is 10. The average molecular weight is 469 g/mol. The van der Waals surface area contributed by atoms with Crippen molar-refractivity contribution >= 4 is 17.7 Å². The Morgan fingerprint density at radius 1 is 1.18 bits per heavy atom. The topological polar surface area (TPSA) is 71.3 Å². The molecule has 0 saturated carbocycles. The predicted molar refractivity (Wildman–Crippen MR) is 128 cm³/mol. The molecule has 1 fully saturated rings. The zero-order valence-corrected chi connectivity index (χ0v) is 19.4. The van der Waals surface area contributed by atoms with Crippen molar-refractivity contribution in [3.63, 3.8) is 0 Å². The van der Waals surface area contributed by atoms with E-state index < -0.39 is 0 Å². The van der Waals surface area contributed by atoms with Gasteiger partial charge in [0, 0.05) is 24.4 Å². The number of hydrogen-bond donors (Lipinski definition) is 1. The number of likely N-dealkylation sites (tertiary alicyclic amines) is 1. The Kier molecular flexibility index (Phi) is 8.49. The summed E-state index contributed by atoms with van der Waals surface area (Å²) in [6.45, 7) is 2.80. The second-order valence-corrected chi connectivity index (χ2v) is 9.38. The van der Waals surface area contributed by atoms with Crippen LogP contribution in [-0.2, 0) is 17.1 Å². The summed E-state index contributed by atoms with van der Waals surface area (Å²) in [5.74, 6) is 2.79. The highest BCUT2D eigenvalue weighted by Gasteiger charge is 2.26. The molecule has 0 bridgehead atoms. The van der Waals surface area contributed by atoms with Gasteiger partial charge in [0.15, 0.2) is 0 Å². The summed E-state index contributed by atoms with van der Waals surface area (Å²) in [7, 11) is 0. The quantitative estimate of drug-likeness (QED) is 0.441. The van der Waals surface area contributed by atoms with Crippen molar-refractivity contribution < 1.29 is 13.7 Å². The summed E-state index contributed by atoms with van der Waals surface area (Å²) in [5.41, 5.74) is 2.05. The zero-order valence-electron chi connectivity index (χ0n) is 18.6. The SMILES string of the molecule is O=C(NCCCSCc1ccccc1)C1CCCN(Cc2nc(-c3ccc(F)cc3)no2)C1. The van der Waals surface area contributed by atoms with Crippen LogP contribution < -0.4 is 5.32 Å². The highest BCUT2D eigenvalue weighted by molar-refractivity contribution is 7.98. The van der Waals surface area contributed by atoms with E-state index in [-0.39, 0.29) is 17.6 Å². The summed E-state index contributed by atoms with van der Waals surface area (Å²) in [5, 5.41) is 7.11. The van der Waals surface area contributed by atoms with Gasteiger partial charge in [0.1, 0.15) is 5.82 Å². The Hall–Kier alpha value is -2.71. The van der Waals surface area contributed by atoms with Crippen molar-refractivity contribution in [3.05, 3.63) is 71.9 Å². The number of nitrogens with zero attached hydrogens (tertiary/aromatic N) is 3. The number of benzene rings is 2. The van der Waals surface area contributed by atoms with E-state index in [1.807, 2.05) is 17.8 Å². The third-order valence-electron chi connectivity index (χ3n) is 5.68. The molecule has 174 valence electrons. The molecule has 2 aromatic carbocycles. The minimum atomic E-state index is -0.300. The van der Waals surface area contributed by atoms with Crippen molar-refractivity contribution in [2.45, 2.75) is 31.6 Å². The van der Waals surface area contributed by atoms with Gasteiger partial charge in [-0.1, -0.05) is 35.5 Å². The summed E-state index contributed by atoms with van der Waals surface area (Å²) in [4.78, 5) is 19.3. The van der Waals surface area contributed by atoms with Gasteiger partial charge in [0.2, 0.25) is 17.6 Å². The fourth-order valence-corrected chi connectivity index (χ4v) is 4.86. The third-order valence-corrected chi connectivity index (χ3v) is 6.80. The molecule has 3 aromatic rings. The fraction of sp³-hybridized carbons (Fsp3) is 0.400. The van der Waals surface area contributed by atoms with Gasteiger partial charge < -0.3 is 9.84 Å². The van der Waals surface area contributed by atoms with Crippen LogP contribution in [0.4, 0.5) is 4.39 Å². The van der Waals surface area contributed by atoms with E-state index in [1.165, 1.54) is 17.7 Å². The van der Waals surface area contributed by atoms with Gasteiger partial charge in [0.25, 0.3) is 0 Å². The number of hydrogen-bond acceptors (Lipinski definition) is 6. The van der Waals surface area contributed by atoms with E-state index in [0.29, 0.717) is 36.9 Å². The molecule has 2 heterocycles. The van der Waals surface area contributed by atoms with Gasteiger partial charge in [-0.3, -0.25) is 9.69 Å². The molecule has 1 N–H and O–H groups in total. The van der Waals surface area contributed by atoms with Crippen molar-refractivity contribution in [1.29, 1.82) is 0 Å². The first-order valence-corrected chi connectivity index (χ1v) is 12.5. The smallest absolute Gasteiger partial charge is 0.241 e. The first-order chi connectivity index (χ1) is 16.2. The van der Waals surface area contributed by atoms with Crippen LogP contribution in [0.3, 0.4) is 0 Å². The highest BCUT2D eigenvalue weighted by Crippen LogP contribution is 2.21. The maximum Gasteiger partial charge on any atom is 0.241 e. The lowest BCUT2D eigenvalue weighted by molar-refractivity contribution is -0.126. The van der Waals surface area contributed by atoms with Crippen molar-refractivity contribution in [1.82, 2.24) is 20.4 Å². The number of halogens is 1. The lowest BCUT2D eigenvalue weighted by Gasteiger charge is -2.30. The standard InChI is InChI=1S/C25H29FN4O2S/c26-22-11-9-20(10-12-22)24-28-23(32-29-24)17-30-14-4-8-21(16-30)25(31)27-13-5-15-33-18-19-6-2-1-3-7-19/h1-3,6-7,9-12,21H,4-5,8,13-18H2,(H,27,31). The van der Waals surface area contributed by atoms with Gasteiger partial charge in [-0.15, -0.1) is 0 Å². The molecule has 1 aliphatic heterocycles. The average Bonchev–Trinajstić information content (AvgIpc) is 3.31. The van der Waals surface area contributed by atoms with Crippen LogP contribution in [0.1, 0.15) is 30.7 Å². The Labute approximate surface area is 197 Å². The van der Waals surface area contributed by atoms with E-state index in [0.717, 1.165) is 37.3 Å². The van der Waals surface area contributed by atoms with Gasteiger partial charge in [-0.25, -0.2) is 4.39 Å². The molecular formula is C25H29FN4O2S. The molecular weight excluding hydrogens is 439 g/mol. The number of piperidine rings is 1. The first-order valence-electron chi connectivity index (χ1n) is 11.4. The molecule has 1 aliphatic rings. The Morgan fingerprint density at radius 2 is 2.00 bits per heavy atom. The summed E-state index contributed by atoms with van der Waals surface area (Å²) >= 11 is 1.89. The number of carbonyl (C=O) groups is 1. The summed E-state index contributed by atoms with van der Waals surface area (Å²) < 4.78 is 18.5. The van der Waals surface area contributed by atoms with Crippen molar-refractivity contribution in [3.8, 4) is 11.4 Å². The molecule has 6 nitrogen and oxygen atoms in total. The van der Waals surface area contributed by atoms with Gasteiger partial charge in [0.05, 0.1) is 12.5 Å². The lowest BCUT2D eigenvalue weighted by Crippen LogP contribution is -2.43. The molecule has 1 atom stereocenters.